The molecule has 11 heavy (non-hydrogen) atoms. The van der Waals surface area contributed by atoms with Crippen molar-refractivity contribution >= 4 is 0 Å². The molecule has 2 fully saturated rings. The van der Waals surface area contributed by atoms with Crippen molar-refractivity contribution in [1.29, 1.82) is 0 Å². The van der Waals surface area contributed by atoms with E-state index in [0.29, 0.717) is 0 Å². The molecule has 66 valence electrons. The summed E-state index contributed by atoms with van der Waals surface area (Å²) in [7, 11) is 2.22. The lowest BCUT2D eigenvalue weighted by Gasteiger charge is -2.57. The Hall–Kier alpha value is -0.0400. The zero-order valence-corrected chi connectivity index (χ0v) is 8.35. The molecule has 2 rings (SSSR count). The van der Waals surface area contributed by atoms with Gasteiger partial charge in [-0.1, -0.05) is 20.8 Å². The summed E-state index contributed by atoms with van der Waals surface area (Å²) in [6.07, 6.45) is 2.99. The first-order valence-electron chi connectivity index (χ1n) is 4.89. The third kappa shape index (κ3) is 1.58. The van der Waals surface area contributed by atoms with Gasteiger partial charge in [-0.2, -0.15) is 0 Å². The summed E-state index contributed by atoms with van der Waals surface area (Å²) in [5.74, 6) is 1.03. The third-order valence-electron chi connectivity index (χ3n) is 2.77. The Bertz CT molecular complexity index is 99.3. The number of rotatable bonds is 0. The fraction of sp³-hybridized carbons (Fsp3) is 1.00. The van der Waals surface area contributed by atoms with Gasteiger partial charge in [0, 0.05) is 13.1 Å². The van der Waals surface area contributed by atoms with Crippen LogP contribution in [0, 0.1) is 11.3 Å². The summed E-state index contributed by atoms with van der Waals surface area (Å²) in [5.41, 5.74) is 0.814. The molecule has 0 amide bonds. The molecule has 1 heterocycles. The smallest absolute Gasteiger partial charge is 0.00476 e. The van der Waals surface area contributed by atoms with Crippen LogP contribution in [-0.2, 0) is 0 Å². The molecule has 0 aromatic rings. The molecule has 1 aliphatic carbocycles. The van der Waals surface area contributed by atoms with Crippen LogP contribution in [0.15, 0.2) is 0 Å². The first kappa shape index (κ1) is 9.05. The maximum absolute atomic E-state index is 2.42. The van der Waals surface area contributed by atoms with E-state index in [4.69, 9.17) is 0 Å². The number of likely N-dealkylation sites (tertiary alicyclic amines) is 1. The highest BCUT2D eigenvalue weighted by Gasteiger charge is 2.48. The molecule has 0 aromatic carbocycles. The van der Waals surface area contributed by atoms with Gasteiger partial charge in [-0.25, -0.2) is 0 Å². The van der Waals surface area contributed by atoms with Crippen molar-refractivity contribution < 1.29 is 0 Å². The summed E-state index contributed by atoms with van der Waals surface area (Å²) in [6.45, 7) is 9.11. The Morgan fingerprint density at radius 1 is 1.18 bits per heavy atom. The van der Waals surface area contributed by atoms with Crippen LogP contribution in [-0.4, -0.2) is 25.0 Å². The second-order valence-electron chi connectivity index (χ2n) is 4.19. The lowest BCUT2D eigenvalue weighted by atomic mass is 9.58. The van der Waals surface area contributed by atoms with E-state index >= 15 is 0 Å². The van der Waals surface area contributed by atoms with E-state index in [1.165, 1.54) is 25.9 Å². The van der Waals surface area contributed by atoms with Crippen LogP contribution in [0.5, 0.6) is 0 Å². The summed E-state index contributed by atoms with van der Waals surface area (Å²) >= 11 is 0. The lowest BCUT2D eigenvalue weighted by molar-refractivity contribution is -0.0758. The van der Waals surface area contributed by atoms with Gasteiger partial charge in [0.1, 0.15) is 0 Å². The zero-order valence-electron chi connectivity index (χ0n) is 8.35. The van der Waals surface area contributed by atoms with Crippen molar-refractivity contribution in [2.24, 2.45) is 11.3 Å². The Balaban J connectivity index is 0.000000281. The summed E-state index contributed by atoms with van der Waals surface area (Å²) in [4.78, 5) is 2.42. The maximum atomic E-state index is 2.42. The molecule has 1 nitrogen and oxygen atoms in total. The minimum Gasteiger partial charge on any atom is -0.305 e. The summed E-state index contributed by atoms with van der Waals surface area (Å²) < 4.78 is 0. The van der Waals surface area contributed by atoms with E-state index in [2.05, 4.69) is 18.9 Å². The number of nitrogens with zero attached hydrogens (tertiary/aromatic N) is 1. The van der Waals surface area contributed by atoms with Crippen molar-refractivity contribution in [3.05, 3.63) is 0 Å². The number of hydrogen-bond acceptors (Lipinski definition) is 1. The van der Waals surface area contributed by atoms with Gasteiger partial charge in [0.15, 0.2) is 0 Å². The van der Waals surface area contributed by atoms with E-state index in [1.807, 2.05) is 13.8 Å². The highest BCUT2D eigenvalue weighted by Crippen LogP contribution is 2.50. The number of hydrogen-bond donors (Lipinski definition) is 0. The Kier molecular flexibility index (Phi) is 2.58. The van der Waals surface area contributed by atoms with E-state index < -0.39 is 0 Å². The molecule has 2 aliphatic rings. The van der Waals surface area contributed by atoms with Crippen molar-refractivity contribution in [3.8, 4) is 0 Å². The van der Waals surface area contributed by atoms with Gasteiger partial charge < -0.3 is 4.90 Å². The molecule has 0 atom stereocenters. The largest absolute Gasteiger partial charge is 0.305 e. The normalized spacial score (nSPS) is 28.4. The van der Waals surface area contributed by atoms with E-state index in [0.717, 1.165) is 11.3 Å². The molecular formula is C10H21N. The maximum Gasteiger partial charge on any atom is 0.00476 e. The third-order valence-corrected chi connectivity index (χ3v) is 2.77. The van der Waals surface area contributed by atoms with E-state index in [1.54, 1.807) is 0 Å². The second-order valence-corrected chi connectivity index (χ2v) is 4.19. The zero-order chi connectivity index (χ0) is 8.48. The van der Waals surface area contributed by atoms with Gasteiger partial charge in [0.25, 0.3) is 0 Å². The van der Waals surface area contributed by atoms with E-state index in [9.17, 15) is 0 Å². The minimum atomic E-state index is 0.814. The minimum absolute atomic E-state index is 0.814. The summed E-state index contributed by atoms with van der Waals surface area (Å²) in [5, 5.41) is 0. The SMILES string of the molecule is CC.CC1CC2(C1)CN(C)C2. The van der Waals surface area contributed by atoms with Gasteiger partial charge in [0.2, 0.25) is 0 Å². The van der Waals surface area contributed by atoms with Crippen LogP contribution >= 0.6 is 0 Å². The van der Waals surface area contributed by atoms with Crippen molar-refractivity contribution in [2.45, 2.75) is 33.6 Å². The highest BCUT2D eigenvalue weighted by molar-refractivity contribution is 5.01. The van der Waals surface area contributed by atoms with Gasteiger partial charge in [-0.05, 0) is 31.2 Å². The molecule has 0 bridgehead atoms. The Morgan fingerprint density at radius 3 is 1.91 bits per heavy atom. The summed E-state index contributed by atoms with van der Waals surface area (Å²) in [6, 6.07) is 0. The van der Waals surface area contributed by atoms with Crippen molar-refractivity contribution in [1.82, 2.24) is 4.90 Å². The van der Waals surface area contributed by atoms with Crippen LogP contribution in [0.25, 0.3) is 0 Å². The Morgan fingerprint density at radius 2 is 1.64 bits per heavy atom. The molecule has 0 aromatic heterocycles. The topological polar surface area (TPSA) is 3.24 Å². The van der Waals surface area contributed by atoms with Gasteiger partial charge >= 0.3 is 0 Å². The molecule has 0 radical (unpaired) electrons. The standard InChI is InChI=1S/C8H15N.C2H6/c1-7-3-8(4-7)5-9(2)6-8;1-2/h7H,3-6H2,1-2H3;1-2H3. The van der Waals surface area contributed by atoms with Crippen molar-refractivity contribution in [2.75, 3.05) is 20.1 Å². The first-order chi connectivity index (χ1) is 5.20. The van der Waals surface area contributed by atoms with Gasteiger partial charge in [-0.3, -0.25) is 0 Å². The first-order valence-corrected chi connectivity index (χ1v) is 4.89. The molecular weight excluding hydrogens is 134 g/mol. The molecule has 1 aliphatic heterocycles. The average Bonchev–Trinajstić information content (AvgIpc) is 1.86. The quantitative estimate of drug-likeness (QED) is 0.519. The molecule has 0 unspecified atom stereocenters. The van der Waals surface area contributed by atoms with Crippen molar-refractivity contribution in [3.63, 3.8) is 0 Å². The van der Waals surface area contributed by atoms with E-state index in [-0.39, 0.29) is 0 Å². The highest BCUT2D eigenvalue weighted by atomic mass is 15.2. The lowest BCUT2D eigenvalue weighted by Crippen LogP contribution is -2.60. The Labute approximate surface area is 70.8 Å². The average molecular weight is 155 g/mol. The second kappa shape index (κ2) is 3.14. The monoisotopic (exact) mass is 155 g/mol. The van der Waals surface area contributed by atoms with Crippen LogP contribution < -0.4 is 0 Å². The fourth-order valence-electron chi connectivity index (χ4n) is 2.78. The van der Waals surface area contributed by atoms with Crippen LogP contribution in [0.3, 0.4) is 0 Å². The van der Waals surface area contributed by atoms with Gasteiger partial charge in [-0.15, -0.1) is 0 Å². The van der Waals surface area contributed by atoms with Gasteiger partial charge in [0.05, 0.1) is 0 Å². The molecule has 1 spiro atoms. The fourth-order valence-corrected chi connectivity index (χ4v) is 2.78. The molecule has 0 N–H and O–H groups in total. The predicted octanol–water partition coefficient (Wildman–Crippen LogP) is 2.37. The van der Waals surface area contributed by atoms with Crippen LogP contribution in [0.2, 0.25) is 0 Å². The molecule has 1 heteroatoms. The van der Waals surface area contributed by atoms with Crippen LogP contribution in [0.4, 0.5) is 0 Å². The van der Waals surface area contributed by atoms with Crippen LogP contribution in [0.1, 0.15) is 33.6 Å². The predicted molar refractivity (Wildman–Crippen MR) is 49.7 cm³/mol. The molecule has 1 saturated carbocycles. The molecule has 1 saturated heterocycles.